The maximum atomic E-state index is 6.09. The predicted molar refractivity (Wildman–Crippen MR) is 95.4 cm³/mol. The molecule has 1 fully saturated rings. The third-order valence-electron chi connectivity index (χ3n) is 4.48. The molecule has 0 spiro atoms. The smallest absolute Gasteiger partial charge is 0.191 e. The zero-order valence-corrected chi connectivity index (χ0v) is 14.0. The summed E-state index contributed by atoms with van der Waals surface area (Å²) in [4.78, 5) is 9.07. The van der Waals surface area contributed by atoms with Crippen molar-refractivity contribution in [2.45, 2.75) is 32.6 Å². The minimum atomic E-state index is 0.739. The van der Waals surface area contributed by atoms with Gasteiger partial charge in [0.15, 0.2) is 5.96 Å². The molecule has 122 valence electrons. The number of piperidine rings is 1. The van der Waals surface area contributed by atoms with Crippen LogP contribution in [0.5, 0.6) is 0 Å². The largest absolute Gasteiger partial charge is 0.375 e. The monoisotopic (exact) mass is 302 g/mol. The number of nitrogens with two attached hydrogens (primary N) is 1. The number of rotatable bonds is 6. The van der Waals surface area contributed by atoms with Crippen molar-refractivity contribution in [3.8, 4) is 0 Å². The van der Waals surface area contributed by atoms with Crippen LogP contribution in [-0.2, 0) is 0 Å². The van der Waals surface area contributed by atoms with E-state index >= 15 is 0 Å². The quantitative estimate of drug-likeness (QED) is 0.499. The molecule has 0 saturated carbocycles. The van der Waals surface area contributed by atoms with Gasteiger partial charge in [-0.1, -0.05) is 25.1 Å². The molecule has 0 aliphatic carbocycles. The van der Waals surface area contributed by atoms with Gasteiger partial charge in [0, 0.05) is 38.9 Å². The minimum absolute atomic E-state index is 0.739. The molecule has 0 bridgehead atoms. The second kappa shape index (κ2) is 8.66. The highest BCUT2D eigenvalue weighted by molar-refractivity contribution is 5.78. The van der Waals surface area contributed by atoms with E-state index in [4.69, 9.17) is 5.73 Å². The van der Waals surface area contributed by atoms with Gasteiger partial charge in [0.25, 0.3) is 0 Å². The van der Waals surface area contributed by atoms with E-state index in [1.807, 2.05) is 0 Å². The van der Waals surface area contributed by atoms with Gasteiger partial charge in [0.2, 0.25) is 0 Å². The summed E-state index contributed by atoms with van der Waals surface area (Å²) < 4.78 is 0. The van der Waals surface area contributed by atoms with Gasteiger partial charge >= 0.3 is 0 Å². The second-order valence-electron chi connectivity index (χ2n) is 6.37. The summed E-state index contributed by atoms with van der Waals surface area (Å²) in [6, 6.07) is 10.5. The summed E-state index contributed by atoms with van der Waals surface area (Å²) >= 11 is 0. The number of anilines is 1. The Labute approximate surface area is 135 Å². The molecule has 4 heteroatoms. The lowest BCUT2D eigenvalue weighted by Gasteiger charge is -2.31. The molecule has 2 N–H and O–H groups in total. The SMILES string of the molecule is CC1CCN(C(N)=NCCCCN(C)c2ccccc2)CC1. The predicted octanol–water partition coefficient (Wildman–Crippen LogP) is 2.95. The zero-order chi connectivity index (χ0) is 15.8. The lowest BCUT2D eigenvalue weighted by atomic mass is 10.00. The lowest BCUT2D eigenvalue weighted by molar-refractivity contribution is 0.277. The zero-order valence-electron chi connectivity index (χ0n) is 14.0. The Morgan fingerprint density at radius 3 is 2.59 bits per heavy atom. The fourth-order valence-electron chi connectivity index (χ4n) is 2.80. The van der Waals surface area contributed by atoms with Crippen LogP contribution in [0.25, 0.3) is 0 Å². The Bertz CT molecular complexity index is 449. The average molecular weight is 302 g/mol. The first-order valence-corrected chi connectivity index (χ1v) is 8.48. The Kier molecular flexibility index (Phi) is 6.56. The molecule has 4 nitrogen and oxygen atoms in total. The third kappa shape index (κ3) is 5.24. The third-order valence-corrected chi connectivity index (χ3v) is 4.48. The summed E-state index contributed by atoms with van der Waals surface area (Å²) in [7, 11) is 2.14. The highest BCUT2D eigenvalue weighted by Crippen LogP contribution is 2.15. The Morgan fingerprint density at radius 1 is 1.23 bits per heavy atom. The van der Waals surface area contributed by atoms with Crippen molar-refractivity contribution in [2.24, 2.45) is 16.6 Å². The fourth-order valence-corrected chi connectivity index (χ4v) is 2.80. The molecule has 1 aliphatic heterocycles. The molecule has 2 rings (SSSR count). The molecule has 22 heavy (non-hydrogen) atoms. The van der Waals surface area contributed by atoms with Gasteiger partial charge < -0.3 is 15.5 Å². The van der Waals surface area contributed by atoms with Crippen LogP contribution in [-0.4, -0.2) is 44.1 Å². The van der Waals surface area contributed by atoms with E-state index in [1.54, 1.807) is 0 Å². The molecule has 0 amide bonds. The molecule has 1 aromatic rings. The number of nitrogens with zero attached hydrogens (tertiary/aromatic N) is 3. The van der Waals surface area contributed by atoms with Crippen LogP contribution in [0.1, 0.15) is 32.6 Å². The normalized spacial score (nSPS) is 16.8. The van der Waals surface area contributed by atoms with E-state index in [1.165, 1.54) is 18.5 Å². The number of aliphatic imine (C=N–C) groups is 1. The highest BCUT2D eigenvalue weighted by atomic mass is 15.3. The number of hydrogen-bond donors (Lipinski definition) is 1. The summed E-state index contributed by atoms with van der Waals surface area (Å²) in [5, 5.41) is 0. The van der Waals surface area contributed by atoms with Crippen molar-refractivity contribution in [1.29, 1.82) is 0 Å². The minimum Gasteiger partial charge on any atom is -0.375 e. The highest BCUT2D eigenvalue weighted by Gasteiger charge is 2.16. The first-order chi connectivity index (χ1) is 10.7. The Hall–Kier alpha value is -1.71. The second-order valence-corrected chi connectivity index (χ2v) is 6.37. The van der Waals surface area contributed by atoms with Gasteiger partial charge in [-0.25, -0.2) is 0 Å². The van der Waals surface area contributed by atoms with Crippen molar-refractivity contribution in [3.63, 3.8) is 0 Å². The van der Waals surface area contributed by atoms with Crippen LogP contribution in [0.4, 0.5) is 5.69 Å². The van der Waals surface area contributed by atoms with E-state index in [2.05, 4.69) is 59.1 Å². The van der Waals surface area contributed by atoms with E-state index in [0.717, 1.165) is 50.9 Å². The van der Waals surface area contributed by atoms with E-state index in [-0.39, 0.29) is 0 Å². The van der Waals surface area contributed by atoms with Crippen LogP contribution in [0, 0.1) is 5.92 Å². The fraction of sp³-hybridized carbons (Fsp3) is 0.611. The van der Waals surface area contributed by atoms with Crippen molar-refractivity contribution in [3.05, 3.63) is 30.3 Å². The number of unbranched alkanes of at least 4 members (excludes halogenated alkanes) is 1. The number of hydrogen-bond acceptors (Lipinski definition) is 2. The summed E-state index contributed by atoms with van der Waals surface area (Å²) in [6.45, 7) is 6.33. The number of guanidine groups is 1. The molecule has 0 aromatic heterocycles. The van der Waals surface area contributed by atoms with Crippen molar-refractivity contribution >= 4 is 11.6 Å². The molecule has 0 atom stereocenters. The molecule has 0 unspecified atom stereocenters. The first-order valence-electron chi connectivity index (χ1n) is 8.48. The van der Waals surface area contributed by atoms with Crippen molar-refractivity contribution < 1.29 is 0 Å². The van der Waals surface area contributed by atoms with Crippen LogP contribution >= 0.6 is 0 Å². The van der Waals surface area contributed by atoms with Crippen LogP contribution in [0.15, 0.2) is 35.3 Å². The van der Waals surface area contributed by atoms with Gasteiger partial charge in [-0.15, -0.1) is 0 Å². The van der Waals surface area contributed by atoms with Gasteiger partial charge in [-0.2, -0.15) is 0 Å². The summed E-state index contributed by atoms with van der Waals surface area (Å²) in [5.41, 5.74) is 7.36. The first kappa shape index (κ1) is 16.7. The van der Waals surface area contributed by atoms with E-state index in [9.17, 15) is 0 Å². The molecule has 1 aromatic carbocycles. The van der Waals surface area contributed by atoms with Gasteiger partial charge in [0.05, 0.1) is 0 Å². The standard InChI is InChI=1S/C18H30N4/c1-16-10-14-22(15-11-16)18(19)20-12-6-7-13-21(2)17-8-4-3-5-9-17/h3-5,8-9,16H,6-7,10-15H2,1-2H3,(H2,19,20). The number of para-hydroxylation sites is 1. The number of benzene rings is 1. The van der Waals surface area contributed by atoms with Crippen LogP contribution < -0.4 is 10.6 Å². The molecular weight excluding hydrogens is 272 g/mol. The molecule has 1 heterocycles. The van der Waals surface area contributed by atoms with Crippen LogP contribution in [0.3, 0.4) is 0 Å². The summed E-state index contributed by atoms with van der Waals surface area (Å²) in [6.07, 6.45) is 4.69. The van der Waals surface area contributed by atoms with Gasteiger partial charge in [0.1, 0.15) is 0 Å². The summed E-state index contributed by atoms with van der Waals surface area (Å²) in [5.74, 6) is 1.57. The molecule has 1 aliphatic rings. The van der Waals surface area contributed by atoms with Gasteiger partial charge in [-0.05, 0) is 43.7 Å². The van der Waals surface area contributed by atoms with Crippen molar-refractivity contribution in [1.82, 2.24) is 4.90 Å². The van der Waals surface area contributed by atoms with Crippen LogP contribution in [0.2, 0.25) is 0 Å². The average Bonchev–Trinajstić information content (AvgIpc) is 2.55. The maximum Gasteiger partial charge on any atom is 0.191 e. The molecule has 1 saturated heterocycles. The molecule has 0 radical (unpaired) electrons. The van der Waals surface area contributed by atoms with E-state index < -0.39 is 0 Å². The lowest BCUT2D eigenvalue weighted by Crippen LogP contribution is -2.42. The van der Waals surface area contributed by atoms with E-state index in [0.29, 0.717) is 0 Å². The van der Waals surface area contributed by atoms with Crippen molar-refractivity contribution in [2.75, 3.05) is 38.1 Å². The Morgan fingerprint density at radius 2 is 1.91 bits per heavy atom. The molecular formula is C18H30N4. The topological polar surface area (TPSA) is 44.9 Å². The Balaban J connectivity index is 1.63. The maximum absolute atomic E-state index is 6.09. The number of likely N-dealkylation sites (tertiary alicyclic amines) is 1. The van der Waals surface area contributed by atoms with Gasteiger partial charge in [-0.3, -0.25) is 4.99 Å².